The molecule has 0 aromatic carbocycles. The summed E-state index contributed by atoms with van der Waals surface area (Å²) in [5.74, 6) is -5.87. The van der Waals surface area contributed by atoms with Crippen molar-refractivity contribution in [3.63, 3.8) is 0 Å². The fraction of sp³-hybridized carbons (Fsp3) is 0.815. The predicted octanol–water partition coefficient (Wildman–Crippen LogP) is 1.05. The Bertz CT molecular complexity index is 1160. The first kappa shape index (κ1) is 25.4. The third kappa shape index (κ3) is 2.66. The van der Waals surface area contributed by atoms with Crippen molar-refractivity contribution in [3.8, 4) is 0 Å². The maximum absolute atomic E-state index is 13.7. The lowest BCUT2D eigenvalue weighted by molar-refractivity contribution is -0.329. The molecule has 0 radical (unpaired) electrons. The molecule has 2 heterocycles. The van der Waals surface area contributed by atoms with Gasteiger partial charge in [-0.25, -0.2) is 0 Å². The fourth-order valence-corrected chi connectivity index (χ4v) is 8.83. The number of epoxide rings is 1. The van der Waals surface area contributed by atoms with E-state index in [2.05, 4.69) is 0 Å². The van der Waals surface area contributed by atoms with E-state index in [-0.39, 0.29) is 6.61 Å². The van der Waals surface area contributed by atoms with Gasteiger partial charge in [-0.05, 0) is 26.3 Å². The van der Waals surface area contributed by atoms with Gasteiger partial charge in [-0.2, -0.15) is 0 Å². The second kappa shape index (κ2) is 6.83. The molecular weight excluding hydrogens is 484 g/mol. The van der Waals surface area contributed by atoms with Crippen LogP contribution in [0.25, 0.3) is 0 Å². The second-order valence-electron chi connectivity index (χ2n) is 13.0. The quantitative estimate of drug-likeness (QED) is 0.401. The number of hydrogen-bond acceptors (Lipinski definition) is 10. The van der Waals surface area contributed by atoms with E-state index in [4.69, 9.17) is 23.7 Å². The first-order chi connectivity index (χ1) is 16.9. The molecule has 0 amide bonds. The number of aliphatic hydroxyl groups is 2. The van der Waals surface area contributed by atoms with E-state index in [1.165, 1.54) is 13.8 Å². The molecule has 37 heavy (non-hydrogen) atoms. The van der Waals surface area contributed by atoms with E-state index < -0.39 is 93.3 Å². The molecule has 4 aliphatic carbocycles. The van der Waals surface area contributed by atoms with E-state index in [0.29, 0.717) is 5.57 Å². The fourth-order valence-electron chi connectivity index (χ4n) is 8.83. The van der Waals surface area contributed by atoms with Crippen LogP contribution in [0.2, 0.25) is 0 Å². The summed E-state index contributed by atoms with van der Waals surface area (Å²) >= 11 is 0. The third-order valence-corrected chi connectivity index (χ3v) is 10.4. The van der Waals surface area contributed by atoms with Crippen molar-refractivity contribution >= 4 is 17.7 Å². The molecule has 0 aromatic heterocycles. The smallest absolute Gasteiger partial charge is 0.303 e. The molecule has 2 saturated heterocycles. The van der Waals surface area contributed by atoms with E-state index in [1.54, 1.807) is 33.8 Å². The lowest BCUT2D eigenvalue weighted by Crippen LogP contribution is -2.70. The Hall–Kier alpha value is -1.85. The normalized spacial score (nSPS) is 53.7. The van der Waals surface area contributed by atoms with Crippen LogP contribution >= 0.6 is 0 Å². The highest BCUT2D eigenvalue weighted by Gasteiger charge is 2.94. The topological polar surface area (TPSA) is 141 Å². The van der Waals surface area contributed by atoms with Crippen molar-refractivity contribution in [2.24, 2.45) is 29.1 Å². The maximum Gasteiger partial charge on any atom is 0.303 e. The lowest BCUT2D eigenvalue weighted by Gasteiger charge is -2.54. The van der Waals surface area contributed by atoms with Crippen LogP contribution in [0.1, 0.15) is 55.4 Å². The number of carbonyl (C=O) groups excluding carboxylic acids is 3. The largest absolute Gasteiger partial charge is 0.458 e. The third-order valence-electron chi connectivity index (χ3n) is 10.4. The Balaban J connectivity index is 1.60. The summed E-state index contributed by atoms with van der Waals surface area (Å²) in [5, 5.41) is 25.2. The van der Waals surface area contributed by atoms with Gasteiger partial charge < -0.3 is 33.9 Å². The summed E-state index contributed by atoms with van der Waals surface area (Å²) in [7, 11) is 0. The zero-order valence-electron chi connectivity index (χ0n) is 22.5. The van der Waals surface area contributed by atoms with Crippen LogP contribution < -0.4 is 0 Å². The number of ether oxygens (including phenoxy) is 5. The van der Waals surface area contributed by atoms with Gasteiger partial charge in [0.25, 0.3) is 0 Å². The molecule has 10 nitrogen and oxygen atoms in total. The molecule has 0 bridgehead atoms. The summed E-state index contributed by atoms with van der Waals surface area (Å²) < 4.78 is 30.4. The summed E-state index contributed by atoms with van der Waals surface area (Å²) in [6.45, 7) is 13.2. The van der Waals surface area contributed by atoms with Crippen LogP contribution in [0.15, 0.2) is 11.6 Å². The van der Waals surface area contributed by atoms with Gasteiger partial charge in [-0.3, -0.25) is 14.4 Å². The molecule has 3 saturated carbocycles. The average molecular weight is 521 g/mol. The van der Waals surface area contributed by atoms with Crippen LogP contribution in [0.3, 0.4) is 0 Å². The van der Waals surface area contributed by atoms with Crippen LogP contribution in [0.4, 0.5) is 0 Å². The molecule has 0 aromatic rings. The molecule has 2 N–H and O–H groups in total. The van der Waals surface area contributed by atoms with Crippen molar-refractivity contribution in [2.45, 2.75) is 102 Å². The number of hydrogen-bond donors (Lipinski definition) is 2. The van der Waals surface area contributed by atoms with E-state index in [0.717, 1.165) is 0 Å². The lowest BCUT2D eigenvalue weighted by atomic mass is 9.58. The second-order valence-corrected chi connectivity index (χ2v) is 13.0. The molecule has 6 aliphatic rings. The van der Waals surface area contributed by atoms with E-state index in [9.17, 15) is 24.6 Å². The van der Waals surface area contributed by atoms with Gasteiger partial charge in [0.05, 0.1) is 18.3 Å². The van der Waals surface area contributed by atoms with Crippen LogP contribution in [-0.4, -0.2) is 81.0 Å². The minimum absolute atomic E-state index is 0.0543. The summed E-state index contributed by atoms with van der Waals surface area (Å²) in [4.78, 5) is 38.4. The Labute approximate surface area is 215 Å². The number of Topliss-reactive ketones (excluding diaryl/α,β-unsaturated/α-hetero) is 1. The van der Waals surface area contributed by atoms with Gasteiger partial charge in [-0.15, -0.1) is 0 Å². The van der Waals surface area contributed by atoms with Crippen LogP contribution in [-0.2, 0) is 38.1 Å². The minimum Gasteiger partial charge on any atom is -0.458 e. The highest BCUT2D eigenvalue weighted by Crippen LogP contribution is 2.80. The number of esters is 2. The average Bonchev–Trinajstić information content (AvgIpc) is 3.58. The predicted molar refractivity (Wildman–Crippen MR) is 125 cm³/mol. The zero-order valence-corrected chi connectivity index (χ0v) is 22.5. The Morgan fingerprint density at radius 3 is 2.32 bits per heavy atom. The summed E-state index contributed by atoms with van der Waals surface area (Å²) in [6, 6.07) is 0. The maximum atomic E-state index is 13.7. The standard InChI is InChI=1S/C27H36O10/c1-11-9-15-25(31)12(2)19(34-13(3)28)27(35-14(4)29)17(22(27,5)6)16(25)20-24(36-20)10-33-23(7,8)37-21(24)26(15,32)18(11)30/h9,12,15-17,19-21,31-32H,10H2,1-8H3/t12-,15+,16-,17-,19-,20+,21-,24+,25+,26-,27-/m1/s1. The van der Waals surface area contributed by atoms with E-state index >= 15 is 0 Å². The molecular formula is C27H36O10. The molecule has 204 valence electrons. The first-order valence-corrected chi connectivity index (χ1v) is 13.0. The Morgan fingerprint density at radius 2 is 1.73 bits per heavy atom. The number of fused-ring (bicyclic) bond motifs is 7. The van der Waals surface area contributed by atoms with Crippen LogP contribution in [0, 0.1) is 29.1 Å². The first-order valence-electron chi connectivity index (χ1n) is 13.0. The SMILES string of the molecule is CC(=O)O[C@@H]1[C@@H](C)[C@@]2(O)[C@H]([C@@H]3C(C)(C)[C@]13OC(C)=O)[C@@H]1O[C@@]13COC(C)(C)O[C@H]3[C@]1(O)C(=O)C(C)=C[C@H]12. The highest BCUT2D eigenvalue weighted by atomic mass is 16.8. The Kier molecular flexibility index (Phi) is 4.69. The molecule has 10 heteroatoms. The van der Waals surface area contributed by atoms with Crippen molar-refractivity contribution < 1.29 is 48.3 Å². The molecule has 0 unspecified atom stereocenters. The van der Waals surface area contributed by atoms with Crippen molar-refractivity contribution in [1.82, 2.24) is 0 Å². The molecule has 2 aliphatic heterocycles. The monoisotopic (exact) mass is 520 g/mol. The molecule has 5 fully saturated rings. The van der Waals surface area contributed by atoms with Crippen LogP contribution in [0.5, 0.6) is 0 Å². The summed E-state index contributed by atoms with van der Waals surface area (Å²) in [5.41, 5.74) is -6.72. The van der Waals surface area contributed by atoms with Crippen molar-refractivity contribution in [3.05, 3.63) is 11.6 Å². The summed E-state index contributed by atoms with van der Waals surface area (Å²) in [6.07, 6.45) is -1.17. The van der Waals surface area contributed by atoms with Gasteiger partial charge >= 0.3 is 11.9 Å². The van der Waals surface area contributed by atoms with Gasteiger partial charge in [0.2, 0.25) is 0 Å². The Morgan fingerprint density at radius 1 is 1.08 bits per heavy atom. The number of rotatable bonds is 2. The van der Waals surface area contributed by atoms with Crippen molar-refractivity contribution in [1.29, 1.82) is 0 Å². The molecule has 6 rings (SSSR count). The minimum atomic E-state index is -2.14. The van der Waals surface area contributed by atoms with Gasteiger partial charge in [0, 0.05) is 42.9 Å². The number of ketones is 1. The van der Waals surface area contributed by atoms with Gasteiger partial charge in [-0.1, -0.05) is 26.8 Å². The number of carbonyl (C=O) groups is 3. The van der Waals surface area contributed by atoms with E-state index in [1.807, 2.05) is 13.8 Å². The highest BCUT2D eigenvalue weighted by molar-refractivity contribution is 6.05. The van der Waals surface area contributed by atoms with Crippen molar-refractivity contribution in [2.75, 3.05) is 6.61 Å². The zero-order chi connectivity index (χ0) is 27.3. The molecule has 1 spiro atoms. The van der Waals surface area contributed by atoms with Gasteiger partial charge in [0.1, 0.15) is 17.8 Å². The molecule has 11 atom stereocenters. The van der Waals surface area contributed by atoms with Gasteiger partial charge in [0.15, 0.2) is 22.8 Å².